The van der Waals surface area contributed by atoms with Crippen LogP contribution in [0.1, 0.15) is 22.3 Å². The summed E-state index contributed by atoms with van der Waals surface area (Å²) in [6.45, 7) is 0. The van der Waals surface area contributed by atoms with Gasteiger partial charge in [-0.1, -0.05) is 200 Å². The molecule has 0 amide bonds. The summed E-state index contributed by atoms with van der Waals surface area (Å²) in [5.74, 6) is 0. The van der Waals surface area contributed by atoms with Crippen LogP contribution < -0.4 is 4.90 Å². The molecule has 0 radical (unpaired) electrons. The molecule has 13 aromatic rings. The SMILES string of the molecule is c1ccc(-c2cccc(N(c3ccc4c5ccccc5c5ccccc5c4c3)c3cc4c(cc3-c3cccc5oc6ccccc6c35)-c3ccccc3C43c4ccccc4-c4ccccc43)c2)cc1. The van der Waals surface area contributed by atoms with E-state index in [-0.39, 0.29) is 0 Å². The van der Waals surface area contributed by atoms with Gasteiger partial charge in [0, 0.05) is 27.7 Å². The first-order valence-corrected chi connectivity index (χ1v) is 23.9. The minimum absolute atomic E-state index is 0.545. The number of rotatable bonds is 5. The molecule has 0 aliphatic heterocycles. The second kappa shape index (κ2) is 14.5. The summed E-state index contributed by atoms with van der Waals surface area (Å²) in [5.41, 5.74) is 19.4. The smallest absolute Gasteiger partial charge is 0.136 e. The Morgan fingerprint density at radius 2 is 0.768 bits per heavy atom. The lowest BCUT2D eigenvalue weighted by Crippen LogP contribution is -2.26. The van der Waals surface area contributed by atoms with Gasteiger partial charge < -0.3 is 9.32 Å². The quantitative estimate of drug-likeness (QED) is 0.160. The second-order valence-electron chi connectivity index (χ2n) is 18.7. The average Bonchev–Trinajstić information content (AvgIpc) is 4.05. The van der Waals surface area contributed by atoms with Gasteiger partial charge in [0.15, 0.2) is 0 Å². The van der Waals surface area contributed by atoms with Gasteiger partial charge >= 0.3 is 0 Å². The number of para-hydroxylation sites is 1. The molecular weight excluding hydrogens is 835 g/mol. The lowest BCUT2D eigenvalue weighted by Gasteiger charge is -2.33. The molecule has 1 aromatic heterocycles. The predicted molar refractivity (Wildman–Crippen MR) is 288 cm³/mol. The third kappa shape index (κ3) is 5.31. The third-order valence-electron chi connectivity index (χ3n) is 15.2. The number of furan rings is 1. The molecule has 1 spiro atoms. The molecule has 320 valence electrons. The Hall–Kier alpha value is -8.98. The molecule has 0 saturated carbocycles. The summed E-state index contributed by atoms with van der Waals surface area (Å²) in [5, 5.41) is 9.69. The van der Waals surface area contributed by atoms with E-state index >= 15 is 0 Å². The molecule has 69 heavy (non-hydrogen) atoms. The minimum Gasteiger partial charge on any atom is -0.456 e. The van der Waals surface area contributed by atoms with Gasteiger partial charge in [-0.15, -0.1) is 0 Å². The highest BCUT2D eigenvalue weighted by atomic mass is 16.3. The molecular formula is C67H41NO. The lowest BCUT2D eigenvalue weighted by atomic mass is 9.70. The van der Waals surface area contributed by atoms with Crippen molar-refractivity contribution in [2.75, 3.05) is 4.90 Å². The molecule has 1 heterocycles. The maximum Gasteiger partial charge on any atom is 0.136 e. The molecule has 0 saturated heterocycles. The normalized spacial score (nSPS) is 13.0. The summed E-state index contributed by atoms with van der Waals surface area (Å²) in [4.78, 5) is 2.54. The van der Waals surface area contributed by atoms with Crippen LogP contribution in [0.5, 0.6) is 0 Å². The molecule has 2 aliphatic carbocycles. The topological polar surface area (TPSA) is 16.4 Å². The van der Waals surface area contributed by atoms with Gasteiger partial charge in [0.2, 0.25) is 0 Å². The summed E-state index contributed by atoms with van der Waals surface area (Å²) in [7, 11) is 0. The van der Waals surface area contributed by atoms with Crippen molar-refractivity contribution in [1.29, 1.82) is 0 Å². The highest BCUT2D eigenvalue weighted by Crippen LogP contribution is 2.64. The first kappa shape index (κ1) is 38.2. The highest BCUT2D eigenvalue weighted by Gasteiger charge is 2.52. The van der Waals surface area contributed by atoms with E-state index in [2.05, 4.69) is 254 Å². The molecule has 12 aromatic carbocycles. The van der Waals surface area contributed by atoms with Gasteiger partial charge in [0.25, 0.3) is 0 Å². The van der Waals surface area contributed by atoms with Crippen LogP contribution in [0.25, 0.3) is 98.8 Å². The van der Waals surface area contributed by atoms with Crippen LogP contribution in [-0.4, -0.2) is 0 Å². The number of benzene rings is 12. The molecule has 0 fully saturated rings. The fourth-order valence-electron chi connectivity index (χ4n) is 12.4. The van der Waals surface area contributed by atoms with Gasteiger partial charge in [-0.05, 0) is 142 Å². The Morgan fingerprint density at radius 3 is 1.45 bits per heavy atom. The second-order valence-corrected chi connectivity index (χ2v) is 18.7. The van der Waals surface area contributed by atoms with E-state index in [4.69, 9.17) is 4.42 Å². The van der Waals surface area contributed by atoms with Crippen LogP contribution in [0.15, 0.2) is 253 Å². The van der Waals surface area contributed by atoms with Crippen molar-refractivity contribution in [3.8, 4) is 44.5 Å². The number of hydrogen-bond donors (Lipinski definition) is 0. The standard InChI is InChI=1S/C67H41NO/c1-2-18-42(19-3-1)43-20-16-21-44(38-43)68(45-36-37-50-48-24-5-4-22-46(48)47-23-6-7-25-49(47)56(50)39-45)63-41-62-57(40-58(63)54-30-17-35-65-66(54)55-29-11-15-34-64(55)69-65)53-28-10-14-33-61(53)67(62)59-31-12-8-26-51(59)52-27-9-13-32-60(52)67/h1-41H. The zero-order chi connectivity index (χ0) is 45.2. The van der Waals surface area contributed by atoms with E-state index in [9.17, 15) is 0 Å². The Labute approximate surface area is 399 Å². The first-order valence-electron chi connectivity index (χ1n) is 23.9. The van der Waals surface area contributed by atoms with Crippen LogP contribution >= 0.6 is 0 Å². The van der Waals surface area contributed by atoms with Crippen molar-refractivity contribution < 1.29 is 4.42 Å². The van der Waals surface area contributed by atoms with Gasteiger partial charge in [-0.3, -0.25) is 0 Å². The molecule has 0 unspecified atom stereocenters. The zero-order valence-electron chi connectivity index (χ0n) is 37.5. The Morgan fingerprint density at radius 1 is 0.275 bits per heavy atom. The molecule has 0 atom stereocenters. The number of nitrogens with zero attached hydrogens (tertiary/aromatic N) is 1. The van der Waals surface area contributed by atoms with E-state index in [1.54, 1.807) is 0 Å². The number of anilines is 3. The zero-order valence-corrected chi connectivity index (χ0v) is 37.5. The van der Waals surface area contributed by atoms with Crippen LogP contribution in [0, 0.1) is 0 Å². The minimum atomic E-state index is -0.545. The van der Waals surface area contributed by atoms with Crippen LogP contribution in [0.2, 0.25) is 0 Å². The van der Waals surface area contributed by atoms with E-state index < -0.39 is 5.41 Å². The fourth-order valence-corrected chi connectivity index (χ4v) is 12.4. The van der Waals surface area contributed by atoms with Crippen molar-refractivity contribution in [3.05, 3.63) is 271 Å². The molecule has 2 nitrogen and oxygen atoms in total. The molecule has 15 rings (SSSR count). The lowest BCUT2D eigenvalue weighted by molar-refractivity contribution is 0.669. The summed E-state index contributed by atoms with van der Waals surface area (Å²) in [6.07, 6.45) is 0. The van der Waals surface area contributed by atoms with Crippen molar-refractivity contribution in [3.63, 3.8) is 0 Å². The molecule has 2 heteroatoms. The van der Waals surface area contributed by atoms with E-state index in [1.165, 1.54) is 82.4 Å². The van der Waals surface area contributed by atoms with Crippen molar-refractivity contribution in [2.45, 2.75) is 5.41 Å². The van der Waals surface area contributed by atoms with Gasteiger partial charge in [-0.25, -0.2) is 0 Å². The van der Waals surface area contributed by atoms with E-state index in [0.29, 0.717) is 0 Å². The monoisotopic (exact) mass is 875 g/mol. The molecule has 0 bridgehead atoms. The van der Waals surface area contributed by atoms with Crippen LogP contribution in [-0.2, 0) is 5.41 Å². The first-order chi connectivity index (χ1) is 34.2. The summed E-state index contributed by atoms with van der Waals surface area (Å²) >= 11 is 0. The average molecular weight is 876 g/mol. The van der Waals surface area contributed by atoms with Gasteiger partial charge in [-0.2, -0.15) is 0 Å². The Bertz CT molecular complexity index is 4190. The molecule has 2 aliphatic rings. The predicted octanol–water partition coefficient (Wildman–Crippen LogP) is 18.2. The Kier molecular flexibility index (Phi) is 8.02. The van der Waals surface area contributed by atoms with Crippen LogP contribution in [0.4, 0.5) is 17.1 Å². The Balaban J connectivity index is 1.11. The summed E-state index contributed by atoms with van der Waals surface area (Å²) in [6, 6.07) is 92.2. The number of fused-ring (bicyclic) bond motifs is 19. The van der Waals surface area contributed by atoms with E-state index in [0.717, 1.165) is 55.7 Å². The number of hydrogen-bond acceptors (Lipinski definition) is 2. The van der Waals surface area contributed by atoms with Gasteiger partial charge in [0.1, 0.15) is 11.2 Å². The van der Waals surface area contributed by atoms with Crippen LogP contribution in [0.3, 0.4) is 0 Å². The van der Waals surface area contributed by atoms with Gasteiger partial charge in [0.05, 0.1) is 11.1 Å². The molecule has 0 N–H and O–H groups in total. The third-order valence-corrected chi connectivity index (χ3v) is 15.2. The van der Waals surface area contributed by atoms with Crippen molar-refractivity contribution in [2.24, 2.45) is 0 Å². The van der Waals surface area contributed by atoms with Crippen molar-refractivity contribution in [1.82, 2.24) is 0 Å². The largest absolute Gasteiger partial charge is 0.456 e. The highest BCUT2D eigenvalue weighted by molar-refractivity contribution is 6.26. The van der Waals surface area contributed by atoms with E-state index in [1.807, 2.05) is 0 Å². The van der Waals surface area contributed by atoms with Crippen molar-refractivity contribution >= 4 is 71.3 Å². The fraction of sp³-hybridized carbons (Fsp3) is 0.0149. The maximum absolute atomic E-state index is 6.66. The maximum atomic E-state index is 6.66. The summed E-state index contributed by atoms with van der Waals surface area (Å²) < 4.78 is 6.66.